The van der Waals surface area contributed by atoms with Crippen LogP contribution < -0.4 is 0 Å². The molecule has 0 unspecified atom stereocenters. The molecule has 5 nitrogen and oxygen atoms in total. The number of fused-ring (bicyclic) bond motifs is 1. The van der Waals surface area contributed by atoms with Crippen LogP contribution in [0.15, 0.2) is 18.5 Å². The Bertz CT molecular complexity index is 509. The lowest BCUT2D eigenvalue weighted by molar-refractivity contribution is 0.0520. The lowest BCUT2D eigenvalue weighted by Gasteiger charge is -1.95. The molecule has 2 heterocycles. The van der Waals surface area contributed by atoms with Crippen LogP contribution >= 0.6 is 11.6 Å². The number of carbonyl (C=O) groups is 1. The lowest BCUT2D eigenvalue weighted by atomic mass is 10.5. The second-order valence-electron chi connectivity index (χ2n) is 2.78. The second-order valence-corrected chi connectivity index (χ2v) is 3.17. The van der Waals surface area contributed by atoms with Gasteiger partial charge in [-0.1, -0.05) is 11.6 Å². The van der Waals surface area contributed by atoms with E-state index in [0.29, 0.717) is 17.5 Å². The highest BCUT2D eigenvalue weighted by Crippen LogP contribution is 2.11. The first kappa shape index (κ1) is 9.92. The van der Waals surface area contributed by atoms with E-state index in [1.165, 1.54) is 16.8 Å². The molecule has 0 saturated heterocycles. The molecule has 0 aliphatic carbocycles. The molecule has 0 aliphatic heterocycles. The molecule has 2 aromatic rings. The molecular formula is C9H8ClN3O2. The van der Waals surface area contributed by atoms with Crippen LogP contribution in [0.1, 0.15) is 17.4 Å². The van der Waals surface area contributed by atoms with Crippen molar-refractivity contribution in [2.75, 3.05) is 6.61 Å². The van der Waals surface area contributed by atoms with E-state index in [0.717, 1.165) is 0 Å². The molecule has 0 atom stereocenters. The van der Waals surface area contributed by atoms with Crippen molar-refractivity contribution in [2.45, 2.75) is 6.92 Å². The molecule has 15 heavy (non-hydrogen) atoms. The van der Waals surface area contributed by atoms with Crippen LogP contribution in [0, 0.1) is 0 Å². The van der Waals surface area contributed by atoms with E-state index < -0.39 is 5.97 Å². The SMILES string of the molecule is CCOC(=O)c1cn2c(Cl)ccnc2n1. The zero-order valence-corrected chi connectivity index (χ0v) is 8.73. The summed E-state index contributed by atoms with van der Waals surface area (Å²) in [4.78, 5) is 19.3. The first-order valence-electron chi connectivity index (χ1n) is 4.39. The Labute approximate surface area is 90.7 Å². The van der Waals surface area contributed by atoms with E-state index in [1.54, 1.807) is 13.0 Å². The van der Waals surface area contributed by atoms with Gasteiger partial charge in [0.2, 0.25) is 5.78 Å². The number of aromatic nitrogens is 3. The van der Waals surface area contributed by atoms with Crippen molar-refractivity contribution in [1.29, 1.82) is 0 Å². The van der Waals surface area contributed by atoms with Gasteiger partial charge in [-0.15, -0.1) is 0 Å². The van der Waals surface area contributed by atoms with Crippen LogP contribution in [0.3, 0.4) is 0 Å². The minimum absolute atomic E-state index is 0.206. The molecule has 0 fully saturated rings. The molecule has 0 aromatic carbocycles. The van der Waals surface area contributed by atoms with Crippen molar-refractivity contribution in [3.63, 3.8) is 0 Å². The Balaban J connectivity index is 2.47. The third-order valence-corrected chi connectivity index (χ3v) is 2.11. The normalized spacial score (nSPS) is 10.5. The van der Waals surface area contributed by atoms with E-state index in [-0.39, 0.29) is 5.69 Å². The van der Waals surface area contributed by atoms with E-state index >= 15 is 0 Å². The maximum atomic E-state index is 11.4. The summed E-state index contributed by atoms with van der Waals surface area (Å²) >= 11 is 5.88. The molecule has 0 amide bonds. The molecule has 0 radical (unpaired) electrons. The molecule has 0 spiro atoms. The van der Waals surface area contributed by atoms with E-state index in [1.807, 2.05) is 0 Å². The quantitative estimate of drug-likeness (QED) is 0.575. The summed E-state index contributed by atoms with van der Waals surface area (Å²) in [5.74, 6) is -0.0929. The average molecular weight is 226 g/mol. The second kappa shape index (κ2) is 3.86. The van der Waals surface area contributed by atoms with E-state index in [9.17, 15) is 4.79 Å². The van der Waals surface area contributed by atoms with Gasteiger partial charge in [0.1, 0.15) is 5.15 Å². The highest BCUT2D eigenvalue weighted by molar-refractivity contribution is 6.29. The van der Waals surface area contributed by atoms with Crippen LogP contribution in [-0.4, -0.2) is 26.9 Å². The molecule has 0 saturated carbocycles. The Kier molecular flexibility index (Phi) is 2.55. The van der Waals surface area contributed by atoms with Crippen molar-refractivity contribution in [3.8, 4) is 0 Å². The van der Waals surface area contributed by atoms with Gasteiger partial charge in [-0.3, -0.25) is 4.40 Å². The number of rotatable bonds is 2. The lowest BCUT2D eigenvalue weighted by Crippen LogP contribution is -2.04. The van der Waals surface area contributed by atoms with Gasteiger partial charge in [0.25, 0.3) is 0 Å². The summed E-state index contributed by atoms with van der Waals surface area (Å²) < 4.78 is 6.33. The molecular weight excluding hydrogens is 218 g/mol. The van der Waals surface area contributed by atoms with Crippen LogP contribution in [0.4, 0.5) is 0 Å². The Hall–Kier alpha value is -1.62. The Morgan fingerprint density at radius 2 is 2.47 bits per heavy atom. The average Bonchev–Trinajstić information content (AvgIpc) is 2.63. The fourth-order valence-electron chi connectivity index (χ4n) is 1.17. The van der Waals surface area contributed by atoms with Gasteiger partial charge < -0.3 is 4.74 Å². The summed E-state index contributed by atoms with van der Waals surface area (Å²) in [6.07, 6.45) is 3.03. The predicted octanol–water partition coefficient (Wildman–Crippen LogP) is 1.56. The van der Waals surface area contributed by atoms with Crippen LogP contribution in [0.5, 0.6) is 0 Å². The van der Waals surface area contributed by atoms with Crippen LogP contribution in [-0.2, 0) is 4.74 Å². The number of hydrogen-bond donors (Lipinski definition) is 0. The zero-order valence-electron chi connectivity index (χ0n) is 7.98. The van der Waals surface area contributed by atoms with Gasteiger partial charge in [-0.2, -0.15) is 0 Å². The number of nitrogens with zero attached hydrogens (tertiary/aromatic N) is 3. The molecule has 0 N–H and O–H groups in total. The number of carbonyl (C=O) groups excluding carboxylic acids is 1. The Morgan fingerprint density at radius 3 is 3.13 bits per heavy atom. The number of ether oxygens (including phenoxy) is 1. The highest BCUT2D eigenvalue weighted by Gasteiger charge is 2.12. The molecule has 0 aliphatic rings. The van der Waals surface area contributed by atoms with Gasteiger partial charge in [-0.25, -0.2) is 14.8 Å². The molecule has 2 aromatic heterocycles. The fraction of sp³-hybridized carbons (Fsp3) is 0.222. The summed E-state index contributed by atoms with van der Waals surface area (Å²) in [7, 11) is 0. The number of esters is 1. The van der Waals surface area contributed by atoms with Crippen molar-refractivity contribution in [3.05, 3.63) is 29.3 Å². The zero-order chi connectivity index (χ0) is 10.8. The molecule has 6 heteroatoms. The maximum Gasteiger partial charge on any atom is 0.358 e. The third kappa shape index (κ3) is 1.78. The smallest absolute Gasteiger partial charge is 0.358 e. The van der Waals surface area contributed by atoms with Crippen molar-refractivity contribution in [1.82, 2.24) is 14.4 Å². The van der Waals surface area contributed by atoms with Gasteiger partial charge in [0.05, 0.1) is 6.61 Å². The standard InChI is InChI=1S/C9H8ClN3O2/c1-2-15-8(14)6-5-13-7(10)3-4-11-9(13)12-6/h3-5H,2H2,1H3. The third-order valence-electron chi connectivity index (χ3n) is 1.80. The van der Waals surface area contributed by atoms with Crippen LogP contribution in [0.2, 0.25) is 5.15 Å². The maximum absolute atomic E-state index is 11.4. The van der Waals surface area contributed by atoms with Gasteiger partial charge >= 0.3 is 5.97 Å². The summed E-state index contributed by atoms with van der Waals surface area (Å²) in [6.45, 7) is 2.05. The van der Waals surface area contributed by atoms with Gasteiger partial charge in [0, 0.05) is 12.4 Å². The summed E-state index contributed by atoms with van der Waals surface area (Å²) in [6, 6.07) is 1.62. The van der Waals surface area contributed by atoms with E-state index in [2.05, 4.69) is 9.97 Å². The van der Waals surface area contributed by atoms with E-state index in [4.69, 9.17) is 16.3 Å². The van der Waals surface area contributed by atoms with Crippen molar-refractivity contribution in [2.24, 2.45) is 0 Å². The summed E-state index contributed by atoms with van der Waals surface area (Å²) in [5.41, 5.74) is 0.206. The largest absolute Gasteiger partial charge is 0.461 e. The minimum atomic E-state index is -0.473. The monoisotopic (exact) mass is 225 g/mol. The molecule has 2 rings (SSSR count). The number of halogens is 1. The topological polar surface area (TPSA) is 56.5 Å². The van der Waals surface area contributed by atoms with Gasteiger partial charge in [0.15, 0.2) is 5.69 Å². The highest BCUT2D eigenvalue weighted by atomic mass is 35.5. The van der Waals surface area contributed by atoms with Crippen molar-refractivity contribution < 1.29 is 9.53 Å². The predicted molar refractivity (Wildman–Crippen MR) is 54.0 cm³/mol. The number of imidazole rings is 1. The first-order valence-corrected chi connectivity index (χ1v) is 4.77. The minimum Gasteiger partial charge on any atom is -0.461 e. The van der Waals surface area contributed by atoms with Gasteiger partial charge in [-0.05, 0) is 13.0 Å². The van der Waals surface area contributed by atoms with Crippen LogP contribution in [0.25, 0.3) is 5.78 Å². The molecule has 0 bridgehead atoms. The Morgan fingerprint density at radius 1 is 1.67 bits per heavy atom. The number of hydrogen-bond acceptors (Lipinski definition) is 4. The first-order chi connectivity index (χ1) is 7.22. The molecule has 78 valence electrons. The summed E-state index contributed by atoms with van der Waals surface area (Å²) in [5, 5.41) is 0.447. The van der Waals surface area contributed by atoms with Crippen molar-refractivity contribution >= 4 is 23.3 Å². The fourth-order valence-corrected chi connectivity index (χ4v) is 1.35.